The van der Waals surface area contributed by atoms with Crippen molar-refractivity contribution in [3.05, 3.63) is 11.8 Å². The Hall–Kier alpha value is -0.973. The lowest BCUT2D eigenvalue weighted by Gasteiger charge is -2.43. The lowest BCUT2D eigenvalue weighted by Crippen LogP contribution is -2.36. The lowest BCUT2D eigenvalue weighted by molar-refractivity contribution is 0.0284. The molecule has 0 spiro atoms. The molecule has 0 saturated carbocycles. The summed E-state index contributed by atoms with van der Waals surface area (Å²) in [4.78, 5) is 14.1. The summed E-state index contributed by atoms with van der Waals surface area (Å²) >= 11 is 0. The normalized spacial score (nSPS) is 24.4. The Kier molecular flexibility index (Phi) is 5.49. The number of nitrogens with zero attached hydrogens (tertiary/aromatic N) is 1. The van der Waals surface area contributed by atoms with E-state index in [0.717, 1.165) is 19.5 Å². The van der Waals surface area contributed by atoms with E-state index in [-0.39, 0.29) is 6.09 Å². The number of ether oxygens (including phenoxy) is 1. The molecule has 2 aliphatic rings. The molecule has 0 N–H and O–H groups in total. The highest BCUT2D eigenvalue weighted by Gasteiger charge is 2.40. The third-order valence-corrected chi connectivity index (χ3v) is 9.85. The molecule has 0 aromatic rings. The number of allylic oxidation sites excluding steroid dienone is 1. The van der Waals surface area contributed by atoms with Crippen molar-refractivity contribution in [2.75, 3.05) is 13.1 Å². The second-order valence-corrected chi connectivity index (χ2v) is 12.7. The van der Waals surface area contributed by atoms with Gasteiger partial charge in [-0.15, -0.1) is 18.1 Å². The van der Waals surface area contributed by atoms with Gasteiger partial charge >= 0.3 is 6.09 Å². The van der Waals surface area contributed by atoms with Gasteiger partial charge in [0.1, 0.15) is 5.60 Å². The quantitative estimate of drug-likeness (QED) is 0.677. The first-order chi connectivity index (χ1) is 10.7. The number of carbonyl (C=O) groups is 1. The molecular formula is C18H33NO3Si-. The van der Waals surface area contributed by atoms with Crippen LogP contribution in [0.4, 0.5) is 4.79 Å². The molecule has 1 saturated heterocycles. The van der Waals surface area contributed by atoms with Gasteiger partial charge in [-0.2, -0.15) is 0 Å². The van der Waals surface area contributed by atoms with Crippen LogP contribution >= 0.6 is 0 Å². The first-order valence-corrected chi connectivity index (χ1v) is 11.6. The highest BCUT2D eigenvalue weighted by atomic mass is 28.4. The Bertz CT molecular complexity index is 457. The fourth-order valence-corrected chi connectivity index (χ4v) is 6.30. The maximum absolute atomic E-state index is 12.2. The van der Waals surface area contributed by atoms with Crippen molar-refractivity contribution < 1.29 is 14.0 Å². The van der Waals surface area contributed by atoms with Crippen LogP contribution in [0.25, 0.3) is 0 Å². The maximum atomic E-state index is 12.2. The third-order valence-electron chi connectivity index (χ3n) is 5.29. The number of fused-ring (bicyclic) bond motifs is 1. The number of rotatable bonds is 5. The minimum atomic E-state index is -1.57. The summed E-state index contributed by atoms with van der Waals surface area (Å²) in [7, 11) is -1.57. The number of hydrogen-bond acceptors (Lipinski definition) is 3. The van der Waals surface area contributed by atoms with Gasteiger partial charge in [-0.1, -0.05) is 20.8 Å². The Balaban J connectivity index is 1.94. The van der Waals surface area contributed by atoms with Gasteiger partial charge in [0.2, 0.25) is 0 Å². The minimum absolute atomic E-state index is 0.179. The molecular weight excluding hydrogens is 306 g/mol. The van der Waals surface area contributed by atoms with Crippen LogP contribution < -0.4 is 0 Å². The van der Waals surface area contributed by atoms with Crippen LogP contribution in [0.5, 0.6) is 0 Å². The van der Waals surface area contributed by atoms with Crippen LogP contribution in [0.3, 0.4) is 0 Å². The van der Waals surface area contributed by atoms with E-state index in [1.54, 1.807) is 0 Å². The second kappa shape index (κ2) is 6.87. The van der Waals surface area contributed by atoms with Crippen LogP contribution in [0.15, 0.2) is 11.8 Å². The summed E-state index contributed by atoms with van der Waals surface area (Å²) in [5, 5.41) is 0. The molecule has 0 aromatic heterocycles. The number of likely N-dealkylation sites (tertiary alicyclic amines) is 1. The summed E-state index contributed by atoms with van der Waals surface area (Å²) < 4.78 is 12.0. The van der Waals surface area contributed by atoms with Crippen molar-refractivity contribution in [3.63, 3.8) is 0 Å². The summed E-state index contributed by atoms with van der Waals surface area (Å²) in [6, 6.07) is 3.53. The maximum Gasteiger partial charge on any atom is 0.410 e. The monoisotopic (exact) mass is 339 g/mol. The summed E-state index contributed by atoms with van der Waals surface area (Å²) in [5.41, 5.74) is -0.423. The van der Waals surface area contributed by atoms with E-state index in [0.29, 0.717) is 11.8 Å². The standard InChI is InChI=1S/C18H33NO3Si/c1-7-23(8-2,9-3)22-16-10-14-12-19(13-15(14)11-16)17(20)21-18(4,5)6/h10,14-15H,7-9,11-13H2,1-6H3/q-1/t14?,15-/m1/s1. The predicted octanol–water partition coefficient (Wildman–Crippen LogP) is 4.78. The molecule has 23 heavy (non-hydrogen) atoms. The molecule has 1 heterocycles. The Morgan fingerprint density at radius 3 is 2.30 bits per heavy atom. The van der Waals surface area contributed by atoms with E-state index in [2.05, 4.69) is 26.8 Å². The van der Waals surface area contributed by atoms with Crippen LogP contribution in [0.1, 0.15) is 48.0 Å². The van der Waals surface area contributed by atoms with Crippen molar-refractivity contribution in [2.24, 2.45) is 11.8 Å². The molecule has 5 heteroatoms. The fourth-order valence-electron chi connectivity index (χ4n) is 3.66. The van der Waals surface area contributed by atoms with Crippen molar-refractivity contribution in [1.82, 2.24) is 4.90 Å². The highest BCUT2D eigenvalue weighted by molar-refractivity contribution is 6.73. The van der Waals surface area contributed by atoms with Gasteiger partial charge in [0.15, 0.2) is 0 Å². The molecule has 4 nitrogen and oxygen atoms in total. The molecule has 0 bridgehead atoms. The third kappa shape index (κ3) is 4.31. The molecule has 2 rings (SSSR count). The van der Waals surface area contributed by atoms with Crippen molar-refractivity contribution >= 4 is 14.4 Å². The first-order valence-electron chi connectivity index (χ1n) is 9.09. The molecule has 1 aliphatic carbocycles. The van der Waals surface area contributed by atoms with Gasteiger partial charge < -0.3 is 14.1 Å². The zero-order chi connectivity index (χ0) is 17.3. The van der Waals surface area contributed by atoms with Gasteiger partial charge in [-0.05, 0) is 32.8 Å². The summed E-state index contributed by atoms with van der Waals surface area (Å²) in [6.07, 6.45) is 3.10. The summed E-state index contributed by atoms with van der Waals surface area (Å²) in [6.45, 7) is 14.1. The zero-order valence-corrected chi connectivity index (χ0v) is 16.6. The zero-order valence-electron chi connectivity index (χ0n) is 15.6. The van der Waals surface area contributed by atoms with Gasteiger partial charge in [0.05, 0.1) is 0 Å². The molecule has 0 aromatic carbocycles. The van der Waals surface area contributed by atoms with Crippen molar-refractivity contribution in [2.45, 2.75) is 71.7 Å². The number of carbonyl (C=O) groups excluding carboxylic acids is 1. The Morgan fingerprint density at radius 2 is 1.83 bits per heavy atom. The highest BCUT2D eigenvalue weighted by Crippen LogP contribution is 2.40. The minimum Gasteiger partial charge on any atom is -0.692 e. The Morgan fingerprint density at radius 1 is 1.22 bits per heavy atom. The number of hydrogen-bond donors (Lipinski definition) is 0. The smallest absolute Gasteiger partial charge is 0.410 e. The number of amides is 1. The van der Waals surface area contributed by atoms with Crippen LogP contribution in [-0.4, -0.2) is 38.0 Å². The van der Waals surface area contributed by atoms with Crippen molar-refractivity contribution in [1.29, 1.82) is 0 Å². The van der Waals surface area contributed by atoms with E-state index in [9.17, 15) is 4.79 Å². The van der Waals surface area contributed by atoms with E-state index >= 15 is 0 Å². The fraction of sp³-hybridized carbons (Fsp3) is 0.833. The van der Waals surface area contributed by atoms with Crippen molar-refractivity contribution in [3.8, 4) is 0 Å². The second-order valence-electron chi connectivity index (χ2n) is 7.99. The lowest BCUT2D eigenvalue weighted by atomic mass is 10.0. The SMILES string of the molecule is CC[Si-](CC)(CC)OC1=CC2CN(C(=O)OC(C)(C)C)C[C@H]2C1. The van der Waals surface area contributed by atoms with Gasteiger partial charge in [-0.3, -0.25) is 0 Å². The van der Waals surface area contributed by atoms with E-state index in [4.69, 9.17) is 9.16 Å². The largest absolute Gasteiger partial charge is 0.692 e. The molecule has 1 unspecified atom stereocenters. The predicted molar refractivity (Wildman–Crippen MR) is 95.8 cm³/mol. The molecule has 133 valence electrons. The van der Waals surface area contributed by atoms with E-state index < -0.39 is 13.9 Å². The average Bonchev–Trinajstić information content (AvgIpc) is 3.01. The molecule has 1 amide bonds. The molecule has 1 aliphatic heterocycles. The van der Waals surface area contributed by atoms with Crippen LogP contribution in [0.2, 0.25) is 18.1 Å². The molecule has 0 radical (unpaired) electrons. The topological polar surface area (TPSA) is 38.8 Å². The van der Waals surface area contributed by atoms with Gasteiger partial charge in [0, 0.05) is 39.5 Å². The van der Waals surface area contributed by atoms with E-state index in [1.165, 1.54) is 23.9 Å². The Labute approximate surface area is 142 Å². The van der Waals surface area contributed by atoms with Crippen LogP contribution in [0, 0.1) is 11.8 Å². The molecule has 2 atom stereocenters. The van der Waals surface area contributed by atoms with E-state index in [1.807, 2.05) is 25.7 Å². The summed E-state index contributed by atoms with van der Waals surface area (Å²) in [5.74, 6) is 2.14. The van der Waals surface area contributed by atoms with Gasteiger partial charge in [0.25, 0.3) is 0 Å². The van der Waals surface area contributed by atoms with Crippen LogP contribution in [-0.2, 0) is 9.16 Å². The van der Waals surface area contributed by atoms with Gasteiger partial charge in [-0.25, -0.2) is 4.79 Å². The average molecular weight is 340 g/mol. The molecule has 1 fully saturated rings. The first kappa shape index (κ1) is 18.4.